The molecule has 3 heteroatoms. The minimum Gasteiger partial charge on any atom is -0.297 e. The smallest absolute Gasteiger partial charge is 0.0958 e. The fourth-order valence-corrected chi connectivity index (χ4v) is 3.94. The Morgan fingerprint density at radius 2 is 1.65 bits per heavy atom. The first kappa shape index (κ1) is 16.9. The van der Waals surface area contributed by atoms with Gasteiger partial charge in [0.15, 0.2) is 0 Å². The zero-order valence-corrected chi connectivity index (χ0v) is 16.3. The highest BCUT2D eigenvalue weighted by Crippen LogP contribution is 2.36. The Balaban J connectivity index is 1.72. The van der Waals surface area contributed by atoms with Gasteiger partial charge < -0.3 is 0 Å². The van der Waals surface area contributed by atoms with Gasteiger partial charge in [-0.25, -0.2) is 0 Å². The van der Waals surface area contributed by atoms with E-state index in [2.05, 4.69) is 109 Å². The van der Waals surface area contributed by atoms with Crippen LogP contribution in [0, 0.1) is 0 Å². The van der Waals surface area contributed by atoms with Crippen LogP contribution in [-0.4, -0.2) is 0 Å². The average Bonchev–Trinajstić information content (AvgIpc) is 3.31. The van der Waals surface area contributed by atoms with Crippen molar-refractivity contribution < 1.29 is 0 Å². The van der Waals surface area contributed by atoms with Crippen molar-refractivity contribution in [2.24, 2.45) is 0 Å². The minimum absolute atomic E-state index is 0.168. The van der Waals surface area contributed by atoms with Gasteiger partial charge in [0.2, 0.25) is 0 Å². The van der Waals surface area contributed by atoms with Crippen LogP contribution in [0.1, 0.15) is 43.5 Å². The van der Waals surface area contributed by atoms with E-state index in [0.717, 1.165) is 0 Å². The summed E-state index contributed by atoms with van der Waals surface area (Å²) in [7, 11) is 0. The highest BCUT2D eigenvalue weighted by molar-refractivity contribution is 7.08. The first-order valence-electron chi connectivity index (χ1n) is 8.98. The number of nitrogens with one attached hydrogen (secondary N) is 1. The van der Waals surface area contributed by atoms with Crippen LogP contribution in [-0.2, 0) is 5.41 Å². The molecule has 0 bridgehead atoms. The molecular weight excluding hydrogens is 336 g/mol. The number of anilines is 1. The highest BCUT2D eigenvalue weighted by Gasteiger charge is 2.27. The maximum absolute atomic E-state index is 3.60. The summed E-state index contributed by atoms with van der Waals surface area (Å²) in [6, 6.07) is 21.9. The Morgan fingerprint density at radius 1 is 0.923 bits per heavy atom. The number of benzene rings is 2. The summed E-state index contributed by atoms with van der Waals surface area (Å²) >= 11 is 1.73. The van der Waals surface area contributed by atoms with Crippen molar-refractivity contribution in [1.29, 1.82) is 0 Å². The number of para-hydroxylation sites is 1. The Kier molecular flexibility index (Phi) is 4.33. The quantitative estimate of drug-likeness (QED) is 0.602. The third kappa shape index (κ3) is 3.27. The lowest BCUT2D eigenvalue weighted by molar-refractivity contribution is 0.589. The average molecular weight is 361 g/mol. The van der Waals surface area contributed by atoms with Crippen LogP contribution >= 0.6 is 11.3 Å². The first-order chi connectivity index (χ1) is 12.5. The number of hydrogen-bond acceptors (Lipinski definition) is 3. The van der Waals surface area contributed by atoms with Crippen molar-refractivity contribution in [2.75, 3.05) is 5.01 Å². The monoisotopic (exact) mass is 360 g/mol. The number of hydrazine groups is 1. The zero-order chi connectivity index (χ0) is 18.1. The van der Waals surface area contributed by atoms with E-state index in [9.17, 15) is 0 Å². The van der Waals surface area contributed by atoms with E-state index in [0.29, 0.717) is 0 Å². The summed E-state index contributed by atoms with van der Waals surface area (Å²) in [6.45, 7) is 6.76. The van der Waals surface area contributed by atoms with E-state index in [1.54, 1.807) is 11.3 Å². The molecule has 2 heterocycles. The van der Waals surface area contributed by atoms with Gasteiger partial charge in [0, 0.05) is 10.9 Å². The Labute approximate surface area is 159 Å². The molecule has 0 saturated heterocycles. The predicted molar refractivity (Wildman–Crippen MR) is 112 cm³/mol. The molecule has 0 radical (unpaired) electrons. The van der Waals surface area contributed by atoms with E-state index in [1.165, 1.54) is 28.1 Å². The normalized spacial score (nSPS) is 17.1. The Hall–Kier alpha value is -2.52. The molecule has 0 fully saturated rings. The molecule has 0 spiro atoms. The van der Waals surface area contributed by atoms with Gasteiger partial charge in [-0.05, 0) is 46.2 Å². The van der Waals surface area contributed by atoms with Crippen molar-refractivity contribution >= 4 is 22.7 Å². The van der Waals surface area contributed by atoms with Crippen LogP contribution in [0.4, 0.5) is 5.69 Å². The highest BCUT2D eigenvalue weighted by atomic mass is 32.1. The molecule has 3 aromatic rings. The molecule has 2 nitrogen and oxygen atoms in total. The van der Waals surface area contributed by atoms with Crippen LogP contribution in [0.2, 0.25) is 0 Å². The topological polar surface area (TPSA) is 15.3 Å². The second kappa shape index (κ2) is 6.65. The molecule has 1 aliphatic rings. The molecule has 1 unspecified atom stereocenters. The number of rotatable bonds is 3. The molecule has 1 atom stereocenters. The Morgan fingerprint density at radius 3 is 2.27 bits per heavy atom. The maximum atomic E-state index is 3.60. The van der Waals surface area contributed by atoms with Crippen LogP contribution in [0.25, 0.3) is 5.70 Å². The van der Waals surface area contributed by atoms with E-state index in [1.807, 2.05) is 0 Å². The summed E-state index contributed by atoms with van der Waals surface area (Å²) in [4.78, 5) is 0. The molecule has 0 aliphatic carbocycles. The lowest BCUT2D eigenvalue weighted by Crippen LogP contribution is -2.33. The standard InChI is InChI=1S/C23H24N2S/c1-23(2,3)19-11-9-17(10-12-19)22-15-21(18-13-14-26-16-18)24-25(22)20-7-5-4-6-8-20/h4-16,22,24H,1-3H3. The lowest BCUT2D eigenvalue weighted by Gasteiger charge is -2.28. The number of thiophene rings is 1. The predicted octanol–water partition coefficient (Wildman–Crippen LogP) is 6.15. The van der Waals surface area contributed by atoms with Gasteiger partial charge in [-0.1, -0.05) is 63.2 Å². The molecule has 1 aliphatic heterocycles. The first-order valence-corrected chi connectivity index (χ1v) is 9.92. The van der Waals surface area contributed by atoms with Crippen LogP contribution in [0.15, 0.2) is 77.5 Å². The van der Waals surface area contributed by atoms with E-state index in [-0.39, 0.29) is 11.5 Å². The molecule has 132 valence electrons. The molecule has 4 rings (SSSR count). The zero-order valence-electron chi connectivity index (χ0n) is 15.4. The van der Waals surface area contributed by atoms with Crippen molar-refractivity contribution in [1.82, 2.24) is 5.43 Å². The minimum atomic E-state index is 0.168. The van der Waals surface area contributed by atoms with Crippen LogP contribution < -0.4 is 10.4 Å². The van der Waals surface area contributed by atoms with Gasteiger partial charge in [0.05, 0.1) is 17.4 Å². The van der Waals surface area contributed by atoms with Gasteiger partial charge in [0.25, 0.3) is 0 Å². The van der Waals surface area contributed by atoms with Crippen molar-refractivity contribution in [3.05, 3.63) is 94.2 Å². The van der Waals surface area contributed by atoms with Crippen molar-refractivity contribution in [3.63, 3.8) is 0 Å². The molecule has 0 saturated carbocycles. The van der Waals surface area contributed by atoms with Gasteiger partial charge in [-0.3, -0.25) is 10.4 Å². The summed E-state index contributed by atoms with van der Waals surface area (Å²) < 4.78 is 0. The van der Waals surface area contributed by atoms with Gasteiger partial charge in [-0.2, -0.15) is 11.3 Å². The lowest BCUT2D eigenvalue weighted by atomic mass is 9.86. The van der Waals surface area contributed by atoms with E-state index >= 15 is 0 Å². The van der Waals surface area contributed by atoms with Crippen LogP contribution in [0.5, 0.6) is 0 Å². The van der Waals surface area contributed by atoms with Gasteiger partial charge >= 0.3 is 0 Å². The molecule has 1 aromatic heterocycles. The third-order valence-electron chi connectivity index (χ3n) is 4.83. The summed E-state index contributed by atoms with van der Waals surface area (Å²) in [5.74, 6) is 0. The second-order valence-electron chi connectivity index (χ2n) is 7.73. The van der Waals surface area contributed by atoms with Crippen molar-refractivity contribution in [2.45, 2.75) is 32.2 Å². The summed E-state index contributed by atoms with van der Waals surface area (Å²) in [6.07, 6.45) is 2.32. The number of nitrogens with zero attached hydrogens (tertiary/aromatic N) is 1. The van der Waals surface area contributed by atoms with Crippen molar-refractivity contribution in [3.8, 4) is 0 Å². The molecule has 0 amide bonds. The van der Waals surface area contributed by atoms with Gasteiger partial charge in [0.1, 0.15) is 0 Å². The third-order valence-corrected chi connectivity index (χ3v) is 5.51. The molecular formula is C23H24N2S. The van der Waals surface area contributed by atoms with E-state index < -0.39 is 0 Å². The molecule has 2 aromatic carbocycles. The summed E-state index contributed by atoms with van der Waals surface area (Å²) in [5.41, 5.74) is 10.00. The van der Waals surface area contributed by atoms with Crippen LogP contribution in [0.3, 0.4) is 0 Å². The van der Waals surface area contributed by atoms with E-state index in [4.69, 9.17) is 0 Å². The summed E-state index contributed by atoms with van der Waals surface area (Å²) in [5, 5.41) is 6.56. The fraction of sp³-hybridized carbons (Fsp3) is 0.217. The largest absolute Gasteiger partial charge is 0.297 e. The SMILES string of the molecule is CC(C)(C)c1ccc(C2C=C(c3ccsc3)NN2c2ccccc2)cc1. The fourth-order valence-electron chi connectivity index (χ4n) is 3.29. The van der Waals surface area contributed by atoms with Gasteiger partial charge in [-0.15, -0.1) is 0 Å². The second-order valence-corrected chi connectivity index (χ2v) is 8.51. The Bertz CT molecular complexity index is 888. The molecule has 1 N–H and O–H groups in total. The maximum Gasteiger partial charge on any atom is 0.0958 e. The number of hydrogen-bond donors (Lipinski definition) is 1. The molecule has 26 heavy (non-hydrogen) atoms.